The van der Waals surface area contributed by atoms with Crippen LogP contribution in [0.4, 0.5) is 10.2 Å². The molecule has 4 heterocycles. The normalized spacial score (nSPS) is 22.1. The van der Waals surface area contributed by atoms with Crippen molar-refractivity contribution < 1.29 is 9.18 Å². The van der Waals surface area contributed by atoms with Gasteiger partial charge in [-0.3, -0.25) is 14.8 Å². The van der Waals surface area contributed by atoms with Crippen molar-refractivity contribution in [2.75, 3.05) is 45.1 Å². The summed E-state index contributed by atoms with van der Waals surface area (Å²) >= 11 is 0. The molecule has 1 amide bonds. The Morgan fingerprint density at radius 3 is 2.50 bits per heavy atom. The van der Waals surface area contributed by atoms with Crippen LogP contribution in [0, 0.1) is 17.7 Å². The second-order valence-corrected chi connectivity index (χ2v) is 9.69. The van der Waals surface area contributed by atoms with E-state index in [2.05, 4.69) is 37.1 Å². The van der Waals surface area contributed by atoms with Crippen molar-refractivity contribution in [2.45, 2.75) is 25.7 Å². The first-order valence-electron chi connectivity index (χ1n) is 12.1. The van der Waals surface area contributed by atoms with E-state index in [0.29, 0.717) is 17.3 Å². The van der Waals surface area contributed by atoms with Gasteiger partial charge in [-0.15, -0.1) is 0 Å². The standard InChI is InChI=1S/C26H31FN6O/c1-32-6-8-33(9-7-32)17-18-2-4-19(5-3-18)26(34)31-25-12-20-10-21(14-29-24(20)16-30-25)22-11-23(27)15-28-13-22/h10-16,18-19H,2-9,17H2,1H3,(H,30,31,34). The first kappa shape index (κ1) is 22.8. The fourth-order valence-electron chi connectivity index (χ4n) is 5.06. The third kappa shape index (κ3) is 5.39. The molecule has 2 aliphatic rings. The lowest BCUT2D eigenvalue weighted by atomic mass is 9.81. The third-order valence-corrected chi connectivity index (χ3v) is 7.19. The molecular weight excluding hydrogens is 431 g/mol. The number of halogens is 1. The van der Waals surface area contributed by atoms with E-state index in [1.54, 1.807) is 18.6 Å². The molecule has 1 aliphatic heterocycles. The molecule has 1 saturated heterocycles. The monoisotopic (exact) mass is 462 g/mol. The number of carbonyl (C=O) groups excluding carboxylic acids is 1. The number of anilines is 1. The topological polar surface area (TPSA) is 74.2 Å². The second kappa shape index (κ2) is 10.1. The molecule has 5 rings (SSSR count). The zero-order valence-electron chi connectivity index (χ0n) is 19.6. The third-order valence-electron chi connectivity index (χ3n) is 7.19. The SMILES string of the molecule is CN1CCN(CC2CCC(C(=O)Nc3cc4cc(-c5cncc(F)c5)cnc4cn3)CC2)CC1. The Morgan fingerprint density at radius 2 is 1.74 bits per heavy atom. The molecule has 1 N–H and O–H groups in total. The smallest absolute Gasteiger partial charge is 0.228 e. The minimum absolute atomic E-state index is 0.0315. The number of nitrogens with one attached hydrogen (secondary N) is 1. The molecule has 0 bridgehead atoms. The van der Waals surface area contributed by atoms with Crippen LogP contribution in [0.2, 0.25) is 0 Å². The van der Waals surface area contributed by atoms with Crippen LogP contribution in [0.3, 0.4) is 0 Å². The van der Waals surface area contributed by atoms with Crippen LogP contribution in [0.25, 0.3) is 22.0 Å². The van der Waals surface area contributed by atoms with Gasteiger partial charge in [-0.25, -0.2) is 9.37 Å². The van der Waals surface area contributed by atoms with Gasteiger partial charge >= 0.3 is 0 Å². The number of nitrogens with zero attached hydrogens (tertiary/aromatic N) is 5. The van der Waals surface area contributed by atoms with Crippen molar-refractivity contribution >= 4 is 22.6 Å². The van der Waals surface area contributed by atoms with Crippen molar-refractivity contribution in [1.82, 2.24) is 24.8 Å². The molecule has 0 atom stereocenters. The predicted molar refractivity (Wildman–Crippen MR) is 131 cm³/mol. The zero-order chi connectivity index (χ0) is 23.5. The van der Waals surface area contributed by atoms with Crippen LogP contribution in [-0.2, 0) is 4.79 Å². The summed E-state index contributed by atoms with van der Waals surface area (Å²) in [5, 5.41) is 3.84. The molecule has 178 valence electrons. The van der Waals surface area contributed by atoms with Gasteiger partial charge in [0.25, 0.3) is 0 Å². The molecule has 2 fully saturated rings. The largest absolute Gasteiger partial charge is 0.310 e. The van der Waals surface area contributed by atoms with Gasteiger partial charge in [0.2, 0.25) is 5.91 Å². The molecule has 8 heteroatoms. The number of rotatable bonds is 5. The molecule has 0 unspecified atom stereocenters. The Labute approximate surface area is 199 Å². The number of hydrogen-bond acceptors (Lipinski definition) is 6. The number of amides is 1. The Bertz CT molecular complexity index is 1150. The van der Waals surface area contributed by atoms with Gasteiger partial charge < -0.3 is 15.1 Å². The number of pyridine rings is 3. The summed E-state index contributed by atoms with van der Waals surface area (Å²) in [5.74, 6) is 0.896. The van der Waals surface area contributed by atoms with Gasteiger partial charge in [0, 0.05) is 67.5 Å². The lowest BCUT2D eigenvalue weighted by Gasteiger charge is -2.36. The average molecular weight is 463 g/mol. The summed E-state index contributed by atoms with van der Waals surface area (Å²) in [5.41, 5.74) is 2.14. The average Bonchev–Trinajstić information content (AvgIpc) is 2.85. The maximum absolute atomic E-state index is 13.6. The number of likely N-dealkylation sites (N-methyl/N-ethyl adjacent to an activating group) is 1. The van der Waals surface area contributed by atoms with Crippen LogP contribution >= 0.6 is 0 Å². The van der Waals surface area contributed by atoms with Gasteiger partial charge in [-0.1, -0.05) is 0 Å². The molecule has 3 aromatic heterocycles. The number of piperazine rings is 1. The lowest BCUT2D eigenvalue weighted by Crippen LogP contribution is -2.46. The van der Waals surface area contributed by atoms with Crippen LogP contribution < -0.4 is 5.32 Å². The first-order chi connectivity index (χ1) is 16.5. The Kier molecular flexibility index (Phi) is 6.78. The van der Waals surface area contributed by atoms with Crippen LogP contribution in [0.1, 0.15) is 25.7 Å². The number of hydrogen-bond donors (Lipinski definition) is 1. The molecule has 1 saturated carbocycles. The highest BCUT2D eigenvalue weighted by atomic mass is 19.1. The van der Waals surface area contributed by atoms with E-state index < -0.39 is 5.82 Å². The van der Waals surface area contributed by atoms with E-state index in [-0.39, 0.29) is 11.8 Å². The van der Waals surface area contributed by atoms with E-state index in [4.69, 9.17) is 0 Å². The predicted octanol–water partition coefficient (Wildman–Crippen LogP) is 3.82. The second-order valence-electron chi connectivity index (χ2n) is 9.69. The molecule has 0 aromatic carbocycles. The minimum Gasteiger partial charge on any atom is -0.310 e. The van der Waals surface area contributed by atoms with Crippen LogP contribution in [0.5, 0.6) is 0 Å². The zero-order valence-corrected chi connectivity index (χ0v) is 19.6. The Hall–Kier alpha value is -2.97. The summed E-state index contributed by atoms with van der Waals surface area (Å²) < 4.78 is 13.6. The van der Waals surface area contributed by atoms with Gasteiger partial charge in [-0.2, -0.15) is 0 Å². The van der Waals surface area contributed by atoms with Crippen molar-refractivity contribution in [3.63, 3.8) is 0 Å². The van der Waals surface area contributed by atoms with E-state index in [1.165, 1.54) is 12.3 Å². The molecule has 0 spiro atoms. The van der Waals surface area contributed by atoms with E-state index >= 15 is 0 Å². The summed E-state index contributed by atoms with van der Waals surface area (Å²) in [4.78, 5) is 30.6. The van der Waals surface area contributed by atoms with Crippen molar-refractivity contribution in [3.05, 3.63) is 48.8 Å². The van der Waals surface area contributed by atoms with Crippen molar-refractivity contribution in [3.8, 4) is 11.1 Å². The minimum atomic E-state index is -0.390. The molecule has 7 nitrogen and oxygen atoms in total. The van der Waals surface area contributed by atoms with E-state index in [0.717, 1.165) is 74.9 Å². The van der Waals surface area contributed by atoms with Crippen molar-refractivity contribution in [2.24, 2.45) is 11.8 Å². The van der Waals surface area contributed by atoms with E-state index in [9.17, 15) is 9.18 Å². The highest BCUT2D eigenvalue weighted by molar-refractivity contribution is 5.94. The lowest BCUT2D eigenvalue weighted by molar-refractivity contribution is -0.121. The Balaban J connectivity index is 1.19. The van der Waals surface area contributed by atoms with Crippen molar-refractivity contribution in [1.29, 1.82) is 0 Å². The quantitative estimate of drug-likeness (QED) is 0.621. The fourth-order valence-corrected chi connectivity index (χ4v) is 5.06. The van der Waals surface area contributed by atoms with E-state index in [1.807, 2.05) is 12.1 Å². The number of fused-ring (bicyclic) bond motifs is 1. The summed E-state index contributed by atoms with van der Waals surface area (Å²) in [7, 11) is 2.18. The van der Waals surface area contributed by atoms with Gasteiger partial charge in [-0.05, 0) is 56.8 Å². The van der Waals surface area contributed by atoms with Gasteiger partial charge in [0.15, 0.2) is 0 Å². The molecule has 1 aliphatic carbocycles. The van der Waals surface area contributed by atoms with Crippen LogP contribution in [-0.4, -0.2) is 70.4 Å². The number of aromatic nitrogens is 3. The molecular formula is C26H31FN6O. The summed E-state index contributed by atoms with van der Waals surface area (Å²) in [6.07, 6.45) is 10.2. The van der Waals surface area contributed by atoms with Gasteiger partial charge in [0.1, 0.15) is 11.6 Å². The fraction of sp³-hybridized carbons (Fsp3) is 0.462. The number of carbonyl (C=O) groups is 1. The maximum atomic E-state index is 13.6. The summed E-state index contributed by atoms with van der Waals surface area (Å²) in [6, 6.07) is 5.18. The van der Waals surface area contributed by atoms with Gasteiger partial charge in [0.05, 0.1) is 17.9 Å². The summed E-state index contributed by atoms with van der Waals surface area (Å²) in [6.45, 7) is 5.75. The molecule has 3 aromatic rings. The van der Waals surface area contributed by atoms with Crippen LogP contribution in [0.15, 0.2) is 43.0 Å². The maximum Gasteiger partial charge on any atom is 0.228 e. The first-order valence-corrected chi connectivity index (χ1v) is 12.1. The molecule has 0 radical (unpaired) electrons. The highest BCUT2D eigenvalue weighted by Crippen LogP contribution is 2.31. The molecule has 34 heavy (non-hydrogen) atoms. The highest BCUT2D eigenvalue weighted by Gasteiger charge is 2.28. The Morgan fingerprint density at radius 1 is 0.971 bits per heavy atom.